The molecule has 0 aliphatic carbocycles. The van der Waals surface area contributed by atoms with Gasteiger partial charge in [0.05, 0.1) is 23.2 Å². The fourth-order valence-electron chi connectivity index (χ4n) is 3.68. The standard InChI is InChI=1S/C24H17FN4O3S2/c1-32-22-10-16(15-3-2-4-17(25)9-15)5-7-20(22)24-19-8-6-18(11-21(19)26-13-28-24)34(30,31)12-23-27-14-29-33-23/h2-11,13-14H,12H2,1H3. The van der Waals surface area contributed by atoms with E-state index in [1.54, 1.807) is 25.3 Å². The zero-order chi connectivity index (χ0) is 23.7. The first-order valence-corrected chi connectivity index (χ1v) is 12.5. The number of benzene rings is 3. The average Bonchev–Trinajstić information content (AvgIpc) is 3.35. The van der Waals surface area contributed by atoms with Gasteiger partial charge in [-0.3, -0.25) is 0 Å². The van der Waals surface area contributed by atoms with E-state index < -0.39 is 9.84 Å². The highest BCUT2D eigenvalue weighted by Crippen LogP contribution is 2.36. The van der Waals surface area contributed by atoms with Gasteiger partial charge in [0.25, 0.3) is 0 Å². The van der Waals surface area contributed by atoms with Crippen LogP contribution in [0, 0.1) is 5.82 Å². The van der Waals surface area contributed by atoms with E-state index in [4.69, 9.17) is 4.74 Å². The number of fused-ring (bicyclic) bond motifs is 1. The van der Waals surface area contributed by atoms with E-state index in [1.807, 2.05) is 24.3 Å². The largest absolute Gasteiger partial charge is 0.496 e. The summed E-state index contributed by atoms with van der Waals surface area (Å²) < 4.78 is 48.8. The number of methoxy groups -OCH3 is 1. The molecule has 2 aromatic heterocycles. The number of aromatic nitrogens is 4. The molecule has 0 unspecified atom stereocenters. The van der Waals surface area contributed by atoms with Gasteiger partial charge < -0.3 is 4.74 Å². The fraction of sp³-hybridized carbons (Fsp3) is 0.0833. The SMILES string of the molecule is COc1cc(-c2cccc(F)c2)ccc1-c1ncnc2cc(S(=O)(=O)Cc3ncns3)ccc12. The van der Waals surface area contributed by atoms with Gasteiger partial charge in [-0.2, -0.15) is 4.37 Å². The maximum absolute atomic E-state index is 13.7. The summed E-state index contributed by atoms with van der Waals surface area (Å²) in [7, 11) is -2.06. The third-order valence-electron chi connectivity index (χ3n) is 5.30. The van der Waals surface area contributed by atoms with Crippen molar-refractivity contribution in [3.8, 4) is 28.1 Å². The van der Waals surface area contributed by atoms with Crippen molar-refractivity contribution >= 4 is 32.3 Å². The predicted molar refractivity (Wildman–Crippen MR) is 128 cm³/mol. The Hall–Kier alpha value is -3.76. The number of nitrogens with zero attached hydrogens (tertiary/aromatic N) is 4. The summed E-state index contributed by atoms with van der Waals surface area (Å²) in [4.78, 5) is 12.8. The molecule has 0 fully saturated rings. The second-order valence-electron chi connectivity index (χ2n) is 7.42. The number of sulfone groups is 1. The third-order valence-corrected chi connectivity index (χ3v) is 7.77. The molecular weight excluding hydrogens is 475 g/mol. The molecule has 0 aliphatic rings. The first-order chi connectivity index (χ1) is 16.4. The highest BCUT2D eigenvalue weighted by molar-refractivity contribution is 7.90. The van der Waals surface area contributed by atoms with E-state index in [-0.39, 0.29) is 16.5 Å². The van der Waals surface area contributed by atoms with Crippen LogP contribution in [0.2, 0.25) is 0 Å². The Morgan fingerprint density at radius 3 is 2.56 bits per heavy atom. The van der Waals surface area contributed by atoms with E-state index in [0.29, 0.717) is 32.9 Å². The molecule has 10 heteroatoms. The van der Waals surface area contributed by atoms with Gasteiger partial charge in [0.15, 0.2) is 9.84 Å². The lowest BCUT2D eigenvalue weighted by molar-refractivity contribution is 0.416. The smallest absolute Gasteiger partial charge is 0.185 e. The average molecular weight is 493 g/mol. The highest BCUT2D eigenvalue weighted by atomic mass is 32.2. The van der Waals surface area contributed by atoms with Crippen LogP contribution < -0.4 is 4.74 Å². The van der Waals surface area contributed by atoms with Crippen LogP contribution in [0.25, 0.3) is 33.3 Å². The van der Waals surface area contributed by atoms with Crippen molar-refractivity contribution in [3.05, 3.63) is 84.1 Å². The lowest BCUT2D eigenvalue weighted by Gasteiger charge is -2.13. The summed E-state index contributed by atoms with van der Waals surface area (Å²) in [6, 6.07) is 16.6. The molecule has 5 rings (SSSR count). The molecule has 5 aromatic rings. The van der Waals surface area contributed by atoms with Crippen LogP contribution in [0.4, 0.5) is 4.39 Å². The fourth-order valence-corrected chi connectivity index (χ4v) is 5.80. The van der Waals surface area contributed by atoms with E-state index in [1.165, 1.54) is 30.9 Å². The van der Waals surface area contributed by atoms with Gasteiger partial charge in [-0.1, -0.05) is 18.2 Å². The van der Waals surface area contributed by atoms with Gasteiger partial charge in [0, 0.05) is 10.9 Å². The quantitative estimate of drug-likeness (QED) is 0.331. The van der Waals surface area contributed by atoms with Gasteiger partial charge in [-0.05, 0) is 65.1 Å². The Morgan fingerprint density at radius 2 is 1.79 bits per heavy atom. The molecule has 0 aliphatic heterocycles. The van der Waals surface area contributed by atoms with Gasteiger partial charge >= 0.3 is 0 Å². The van der Waals surface area contributed by atoms with Gasteiger partial charge in [-0.15, -0.1) is 0 Å². The van der Waals surface area contributed by atoms with Crippen LogP contribution in [0.1, 0.15) is 5.01 Å². The molecule has 0 radical (unpaired) electrons. The van der Waals surface area contributed by atoms with Crippen LogP contribution >= 0.6 is 11.5 Å². The van der Waals surface area contributed by atoms with Gasteiger partial charge in [-0.25, -0.2) is 27.8 Å². The van der Waals surface area contributed by atoms with E-state index in [0.717, 1.165) is 22.7 Å². The van der Waals surface area contributed by atoms with E-state index in [9.17, 15) is 12.8 Å². The summed E-state index contributed by atoms with van der Waals surface area (Å²) in [5.41, 5.74) is 3.31. The molecule has 0 amide bonds. The van der Waals surface area contributed by atoms with Crippen molar-refractivity contribution in [2.75, 3.05) is 7.11 Å². The molecule has 170 valence electrons. The predicted octanol–water partition coefficient (Wildman–Crippen LogP) is 4.94. The number of hydrogen-bond donors (Lipinski definition) is 0. The maximum atomic E-state index is 13.7. The Labute approximate surface area is 199 Å². The molecule has 3 aromatic carbocycles. The minimum Gasteiger partial charge on any atom is -0.496 e. The number of rotatable bonds is 6. The Kier molecular flexibility index (Phi) is 5.76. The molecule has 0 saturated carbocycles. The summed E-state index contributed by atoms with van der Waals surface area (Å²) in [5, 5.41) is 1.10. The monoisotopic (exact) mass is 492 g/mol. The Morgan fingerprint density at radius 1 is 0.941 bits per heavy atom. The van der Waals surface area contributed by atoms with Crippen molar-refractivity contribution < 1.29 is 17.5 Å². The Bertz CT molecular complexity index is 1610. The van der Waals surface area contributed by atoms with Crippen molar-refractivity contribution in [1.82, 2.24) is 19.3 Å². The van der Waals surface area contributed by atoms with Gasteiger partial charge in [0.2, 0.25) is 0 Å². The van der Waals surface area contributed by atoms with E-state index in [2.05, 4.69) is 19.3 Å². The first kappa shape index (κ1) is 22.1. The highest BCUT2D eigenvalue weighted by Gasteiger charge is 2.20. The third kappa shape index (κ3) is 4.25. The zero-order valence-corrected chi connectivity index (χ0v) is 19.5. The molecule has 0 atom stereocenters. The van der Waals surface area contributed by atoms with Crippen LogP contribution in [0.5, 0.6) is 5.75 Å². The topological polar surface area (TPSA) is 94.9 Å². The second-order valence-corrected chi connectivity index (χ2v) is 10.3. The lowest BCUT2D eigenvalue weighted by Crippen LogP contribution is -2.05. The minimum absolute atomic E-state index is 0.147. The summed E-state index contributed by atoms with van der Waals surface area (Å²) >= 11 is 1.05. The minimum atomic E-state index is -3.61. The van der Waals surface area contributed by atoms with Crippen molar-refractivity contribution in [1.29, 1.82) is 0 Å². The van der Waals surface area contributed by atoms with Crippen LogP contribution in [0.15, 0.2) is 78.2 Å². The van der Waals surface area contributed by atoms with Crippen molar-refractivity contribution in [2.45, 2.75) is 10.6 Å². The molecule has 0 bridgehead atoms. The zero-order valence-electron chi connectivity index (χ0n) is 17.8. The Balaban J connectivity index is 1.56. The van der Waals surface area contributed by atoms with Gasteiger partial charge in [0.1, 0.15) is 35.0 Å². The molecule has 2 heterocycles. The number of ether oxygens (including phenoxy) is 1. The molecule has 7 nitrogen and oxygen atoms in total. The normalized spacial score (nSPS) is 11.6. The van der Waals surface area contributed by atoms with Crippen molar-refractivity contribution in [2.24, 2.45) is 0 Å². The number of halogens is 1. The second kappa shape index (κ2) is 8.88. The molecule has 0 N–H and O–H groups in total. The summed E-state index contributed by atoms with van der Waals surface area (Å²) in [6.07, 6.45) is 2.72. The molecular formula is C24H17FN4O3S2. The van der Waals surface area contributed by atoms with Crippen LogP contribution in [-0.4, -0.2) is 34.9 Å². The van der Waals surface area contributed by atoms with Crippen LogP contribution in [-0.2, 0) is 15.6 Å². The first-order valence-electron chi connectivity index (χ1n) is 10.1. The maximum Gasteiger partial charge on any atom is 0.185 e. The molecule has 34 heavy (non-hydrogen) atoms. The van der Waals surface area contributed by atoms with Crippen molar-refractivity contribution in [3.63, 3.8) is 0 Å². The lowest BCUT2D eigenvalue weighted by atomic mass is 10.00. The summed E-state index contributed by atoms with van der Waals surface area (Å²) in [6.45, 7) is 0. The summed E-state index contributed by atoms with van der Waals surface area (Å²) in [5.74, 6) is 0.00479. The van der Waals surface area contributed by atoms with Crippen LogP contribution in [0.3, 0.4) is 0 Å². The van der Waals surface area contributed by atoms with E-state index >= 15 is 0 Å². The number of hydrogen-bond acceptors (Lipinski definition) is 8. The molecule has 0 spiro atoms. The molecule has 0 saturated heterocycles.